The normalized spacial score (nSPS) is 17.9. The average molecular weight is 529 g/mol. The number of carbonyl (C=O) groups excluding carboxylic acids is 2. The van der Waals surface area contributed by atoms with Crippen molar-refractivity contribution < 1.29 is 28.6 Å². The molecule has 1 fully saturated rings. The highest BCUT2D eigenvalue weighted by atomic mass is 28.4. The summed E-state index contributed by atoms with van der Waals surface area (Å²) in [7, 11) is -0.605. The minimum Gasteiger partial charge on any atom is -0.481 e. The highest BCUT2D eigenvalue weighted by Gasteiger charge is 2.43. The molecule has 8 nitrogen and oxygen atoms in total. The summed E-state index contributed by atoms with van der Waals surface area (Å²) >= 11 is 0. The first-order valence-electron chi connectivity index (χ1n) is 12.7. The number of ether oxygens (including phenoxy) is 2. The summed E-state index contributed by atoms with van der Waals surface area (Å²) in [5.74, 6) is -0.141. The van der Waals surface area contributed by atoms with Crippen LogP contribution in [0.15, 0.2) is 42.6 Å². The van der Waals surface area contributed by atoms with Crippen LogP contribution in [0.3, 0.4) is 0 Å². The molecule has 0 bridgehead atoms. The number of methoxy groups -OCH3 is 1. The Labute approximate surface area is 221 Å². The smallest absolute Gasteiger partial charge is 0.416 e. The van der Waals surface area contributed by atoms with Gasteiger partial charge in [-0.3, -0.25) is 4.79 Å². The fraction of sp³-hybridized carbons (Fsp3) is 0.536. The molecule has 2 amide bonds. The van der Waals surface area contributed by atoms with Crippen molar-refractivity contribution in [1.29, 1.82) is 0 Å². The molecule has 2 aromatic rings. The number of hydrogen-bond acceptors (Lipinski definition) is 7. The van der Waals surface area contributed by atoms with Crippen molar-refractivity contribution in [3.63, 3.8) is 0 Å². The lowest BCUT2D eigenvalue weighted by molar-refractivity contribution is -0.135. The van der Waals surface area contributed by atoms with Gasteiger partial charge >= 0.3 is 6.09 Å². The molecule has 0 spiro atoms. The first kappa shape index (κ1) is 28.8. The van der Waals surface area contributed by atoms with E-state index in [1.54, 1.807) is 12.3 Å². The maximum atomic E-state index is 13.5. The number of aromatic nitrogens is 1. The van der Waals surface area contributed by atoms with E-state index in [1.165, 1.54) is 7.11 Å². The third-order valence-corrected chi connectivity index (χ3v) is 12.1. The molecular formula is C28H40N2O6Si. The van der Waals surface area contributed by atoms with Gasteiger partial charge in [0.25, 0.3) is 0 Å². The van der Waals surface area contributed by atoms with Gasteiger partial charge < -0.3 is 19.0 Å². The van der Waals surface area contributed by atoms with Crippen LogP contribution in [0.2, 0.25) is 18.1 Å². The molecule has 37 heavy (non-hydrogen) atoms. The van der Waals surface area contributed by atoms with E-state index in [1.807, 2.05) is 37.3 Å². The third-order valence-electron chi connectivity index (χ3n) is 7.67. The van der Waals surface area contributed by atoms with Crippen LogP contribution < -0.4 is 4.74 Å². The molecule has 2 atom stereocenters. The van der Waals surface area contributed by atoms with Gasteiger partial charge in [0, 0.05) is 11.8 Å². The molecule has 2 heterocycles. The third kappa shape index (κ3) is 6.39. The second kappa shape index (κ2) is 11.3. The van der Waals surface area contributed by atoms with Crippen LogP contribution in [0.5, 0.6) is 5.88 Å². The van der Waals surface area contributed by atoms with Gasteiger partial charge in [-0.1, -0.05) is 58.0 Å². The van der Waals surface area contributed by atoms with Crippen molar-refractivity contribution in [1.82, 2.24) is 9.88 Å². The second-order valence-electron chi connectivity index (χ2n) is 11.1. The van der Waals surface area contributed by atoms with Crippen molar-refractivity contribution in [3.05, 3.63) is 59.3 Å². The fourth-order valence-electron chi connectivity index (χ4n) is 4.24. The Morgan fingerprint density at radius 2 is 1.89 bits per heavy atom. The predicted octanol–water partition coefficient (Wildman–Crippen LogP) is 5.19. The number of carbonyl (C=O) groups is 2. The lowest BCUT2D eigenvalue weighted by Gasteiger charge is -2.37. The van der Waals surface area contributed by atoms with Gasteiger partial charge in [-0.25, -0.2) is 14.7 Å². The lowest BCUT2D eigenvalue weighted by atomic mass is 9.85. The molecule has 1 aromatic heterocycles. The summed E-state index contributed by atoms with van der Waals surface area (Å²) < 4.78 is 17.2. The van der Waals surface area contributed by atoms with Crippen LogP contribution in [0.4, 0.5) is 4.79 Å². The summed E-state index contributed by atoms with van der Waals surface area (Å²) in [6, 6.07) is 10.9. The maximum Gasteiger partial charge on any atom is 0.416 e. The van der Waals surface area contributed by atoms with Gasteiger partial charge in [-0.2, -0.15) is 0 Å². The van der Waals surface area contributed by atoms with Crippen LogP contribution in [0.1, 0.15) is 57.2 Å². The number of imide groups is 1. The van der Waals surface area contributed by atoms with Crippen molar-refractivity contribution in [3.8, 4) is 5.88 Å². The number of aliphatic hydroxyl groups is 1. The first-order valence-corrected chi connectivity index (χ1v) is 15.6. The van der Waals surface area contributed by atoms with E-state index in [0.29, 0.717) is 23.4 Å². The maximum absolute atomic E-state index is 13.5. The Morgan fingerprint density at radius 3 is 2.49 bits per heavy atom. The molecule has 1 aromatic carbocycles. The van der Waals surface area contributed by atoms with Crippen LogP contribution in [-0.4, -0.2) is 55.1 Å². The number of benzene rings is 1. The predicted molar refractivity (Wildman–Crippen MR) is 144 cm³/mol. The van der Waals surface area contributed by atoms with Crippen LogP contribution in [0.25, 0.3) is 0 Å². The van der Waals surface area contributed by atoms with E-state index < -0.39 is 32.0 Å². The van der Waals surface area contributed by atoms with E-state index in [9.17, 15) is 14.7 Å². The van der Waals surface area contributed by atoms with Crippen LogP contribution in [-0.2, 0) is 32.6 Å². The van der Waals surface area contributed by atoms with Crippen molar-refractivity contribution in [2.24, 2.45) is 0 Å². The largest absolute Gasteiger partial charge is 0.481 e. The summed E-state index contributed by atoms with van der Waals surface area (Å²) in [4.78, 5) is 31.5. The van der Waals surface area contributed by atoms with Crippen molar-refractivity contribution >= 4 is 20.3 Å². The zero-order valence-electron chi connectivity index (χ0n) is 23.0. The molecule has 3 rings (SSSR count). The SMILES string of the molecule is CC[C@@](O)(CC(=O)N1C(=O)OC[C@H]1Cc1ccccc1)c1ccnc(OC)c1CO[Si](C)(C)C(C)(C)C. The van der Waals surface area contributed by atoms with E-state index in [4.69, 9.17) is 13.9 Å². The molecule has 0 aliphatic carbocycles. The minimum atomic E-state index is -2.13. The molecule has 1 aliphatic rings. The minimum absolute atomic E-state index is 0.0104. The number of hydrogen-bond donors (Lipinski definition) is 1. The number of amides is 2. The first-order chi connectivity index (χ1) is 17.3. The molecular weight excluding hydrogens is 488 g/mol. The van der Waals surface area contributed by atoms with Gasteiger partial charge in [-0.05, 0) is 48.2 Å². The summed E-state index contributed by atoms with van der Waals surface area (Å²) in [6.45, 7) is 12.9. The van der Waals surface area contributed by atoms with Crippen molar-refractivity contribution in [2.45, 2.75) is 83.3 Å². The Morgan fingerprint density at radius 1 is 1.22 bits per heavy atom. The van der Waals surface area contributed by atoms with Crippen LogP contribution >= 0.6 is 0 Å². The number of pyridine rings is 1. The Balaban J connectivity index is 1.89. The second-order valence-corrected chi connectivity index (χ2v) is 16.0. The van der Waals surface area contributed by atoms with Gasteiger partial charge in [-0.15, -0.1) is 0 Å². The topological polar surface area (TPSA) is 98.2 Å². The highest BCUT2D eigenvalue weighted by Crippen LogP contribution is 2.40. The molecule has 202 valence electrons. The summed E-state index contributed by atoms with van der Waals surface area (Å²) in [5.41, 5.74) is 0.566. The summed E-state index contributed by atoms with van der Waals surface area (Å²) in [6.07, 6.45) is 1.31. The van der Waals surface area contributed by atoms with E-state index in [-0.39, 0.29) is 31.1 Å². The molecule has 1 N–H and O–H groups in total. The number of rotatable bonds is 10. The van der Waals surface area contributed by atoms with E-state index >= 15 is 0 Å². The van der Waals surface area contributed by atoms with Crippen molar-refractivity contribution in [2.75, 3.05) is 13.7 Å². The molecule has 1 aliphatic heterocycles. The van der Waals surface area contributed by atoms with Gasteiger partial charge in [0.2, 0.25) is 11.8 Å². The Bertz CT molecular complexity index is 1100. The summed E-state index contributed by atoms with van der Waals surface area (Å²) in [5, 5.41) is 11.8. The fourth-order valence-corrected chi connectivity index (χ4v) is 5.18. The van der Waals surface area contributed by atoms with Gasteiger partial charge in [0.15, 0.2) is 8.32 Å². The Kier molecular flexibility index (Phi) is 8.82. The molecule has 0 saturated carbocycles. The molecule has 0 radical (unpaired) electrons. The lowest BCUT2D eigenvalue weighted by Crippen LogP contribution is -2.44. The average Bonchev–Trinajstić information content (AvgIpc) is 3.22. The zero-order valence-corrected chi connectivity index (χ0v) is 24.0. The van der Waals surface area contributed by atoms with Gasteiger partial charge in [0.05, 0.1) is 31.8 Å². The molecule has 9 heteroatoms. The molecule has 0 unspecified atom stereocenters. The van der Waals surface area contributed by atoms with E-state index in [0.717, 1.165) is 10.5 Å². The highest BCUT2D eigenvalue weighted by molar-refractivity contribution is 6.74. The monoisotopic (exact) mass is 528 g/mol. The van der Waals surface area contributed by atoms with Crippen LogP contribution in [0, 0.1) is 0 Å². The standard InChI is InChI=1S/C28H40N2O6Si/c1-8-28(33,17-24(31)30-21(18-35-26(30)32)16-20-12-10-9-11-13-20)23-14-15-29-25(34-5)22(23)19-36-37(6,7)27(2,3)4/h9-15,21,33H,8,16-19H2,1-7H3/t21-,28-/m1/s1. The van der Waals surface area contributed by atoms with E-state index in [2.05, 4.69) is 38.8 Å². The van der Waals surface area contributed by atoms with Gasteiger partial charge in [0.1, 0.15) is 6.61 Å². The Hall–Kier alpha value is -2.75. The zero-order chi connectivity index (χ0) is 27.4. The quantitative estimate of drug-likeness (QED) is 0.424. The molecule has 1 saturated heterocycles. The number of nitrogens with zero attached hydrogens (tertiary/aromatic N) is 2. The number of cyclic esters (lactones) is 1.